The van der Waals surface area contributed by atoms with Crippen LogP contribution in [0, 0.1) is 17.9 Å². The number of ether oxygens (including phenoxy) is 7. The summed E-state index contributed by atoms with van der Waals surface area (Å²) in [6.45, 7) is 6.90. The Labute approximate surface area is 320 Å². The van der Waals surface area contributed by atoms with Gasteiger partial charge in [0.05, 0.1) is 44.6 Å². The summed E-state index contributed by atoms with van der Waals surface area (Å²) >= 11 is 0. The molecule has 2 aliphatic heterocycles. The number of fused-ring (bicyclic) bond motifs is 1. The molecular weight excluding hydrogens is 724 g/mol. The topological polar surface area (TPSA) is 181 Å². The molecule has 0 aliphatic carbocycles. The van der Waals surface area contributed by atoms with Crippen molar-refractivity contribution in [1.29, 1.82) is 5.26 Å². The van der Waals surface area contributed by atoms with Crippen molar-refractivity contribution in [3.8, 4) is 23.3 Å². The van der Waals surface area contributed by atoms with Crippen molar-refractivity contribution in [3.05, 3.63) is 148 Å². The van der Waals surface area contributed by atoms with Crippen LogP contribution in [0.2, 0.25) is 0 Å². The number of carbonyl (C=O) groups excluding carboxylic acids is 4. The Bertz CT molecular complexity index is 2110. The van der Waals surface area contributed by atoms with E-state index in [2.05, 4.69) is 4.85 Å². The van der Waals surface area contributed by atoms with E-state index in [1.165, 1.54) is 55.7 Å². The van der Waals surface area contributed by atoms with Gasteiger partial charge in [0.2, 0.25) is 0 Å². The number of hydrogen-bond donors (Lipinski definition) is 1. The Morgan fingerprint density at radius 1 is 0.786 bits per heavy atom. The summed E-state index contributed by atoms with van der Waals surface area (Å²) in [6, 6.07) is 27.4. The molecule has 0 bridgehead atoms. The van der Waals surface area contributed by atoms with Gasteiger partial charge < -0.3 is 38.3 Å². The summed E-state index contributed by atoms with van der Waals surface area (Å²) in [6.07, 6.45) is -1.07. The van der Waals surface area contributed by atoms with E-state index in [9.17, 15) is 29.5 Å². The molecule has 14 nitrogen and oxygen atoms in total. The smallest absolute Gasteiger partial charge is 0.349 e. The minimum atomic E-state index is -0.984. The molecule has 2 saturated heterocycles. The Balaban J connectivity index is 1.07. The minimum Gasteiger partial charge on any atom is -0.496 e. The third-order valence-electron chi connectivity index (χ3n) is 8.67. The predicted octanol–water partition coefficient (Wildman–Crippen LogP) is 5.11. The largest absolute Gasteiger partial charge is 0.496 e. The molecule has 0 aromatic heterocycles. The van der Waals surface area contributed by atoms with Crippen LogP contribution in [0.4, 0.5) is 0 Å². The average molecular weight is 757 g/mol. The summed E-state index contributed by atoms with van der Waals surface area (Å²) in [7, 11) is 1.38. The summed E-state index contributed by atoms with van der Waals surface area (Å²) in [5.74, 6) is -2.55. The van der Waals surface area contributed by atoms with Crippen LogP contribution in [-0.2, 0) is 35.1 Å². The maximum atomic E-state index is 13.1. The van der Waals surface area contributed by atoms with Crippen molar-refractivity contribution < 1.29 is 57.4 Å². The number of aliphatic hydroxyl groups excluding tert-OH is 1. The van der Waals surface area contributed by atoms with E-state index in [4.69, 9.17) is 39.7 Å². The first-order valence-electron chi connectivity index (χ1n) is 17.0. The molecule has 2 fully saturated rings. The first kappa shape index (κ1) is 38.6. The van der Waals surface area contributed by atoms with Crippen LogP contribution in [-0.4, -0.2) is 73.7 Å². The number of rotatable bonds is 12. The average Bonchev–Trinajstić information content (AvgIpc) is 3.82. The molecule has 0 saturated carbocycles. The Kier molecular flexibility index (Phi) is 12.3. The summed E-state index contributed by atoms with van der Waals surface area (Å²) < 4.78 is 39.0. The molecular formula is C42H32N2O12. The number of carbonyl (C=O) groups is 4. The molecule has 14 heteroatoms. The molecule has 0 unspecified atom stereocenters. The van der Waals surface area contributed by atoms with Crippen LogP contribution in [0.1, 0.15) is 37.4 Å². The highest BCUT2D eigenvalue weighted by atomic mass is 16.7. The maximum absolute atomic E-state index is 13.1. The van der Waals surface area contributed by atoms with Crippen molar-refractivity contribution in [1.82, 2.24) is 0 Å². The second-order valence-corrected chi connectivity index (χ2v) is 12.2. The number of nitriles is 1. The highest BCUT2D eigenvalue weighted by Gasteiger charge is 2.51. The molecule has 56 heavy (non-hydrogen) atoms. The van der Waals surface area contributed by atoms with Gasteiger partial charge in [0.25, 0.3) is 5.70 Å². The van der Waals surface area contributed by atoms with E-state index in [1.807, 2.05) is 0 Å². The predicted molar refractivity (Wildman–Crippen MR) is 196 cm³/mol. The number of hydrogen-bond acceptors (Lipinski definition) is 13. The molecule has 1 N–H and O–H groups in total. The highest BCUT2D eigenvalue weighted by molar-refractivity contribution is 5.98. The Hall–Kier alpha value is -7.10. The number of benzene rings is 4. The number of methoxy groups -OCH3 is 1. The lowest BCUT2D eigenvalue weighted by Crippen LogP contribution is -2.36. The van der Waals surface area contributed by atoms with Crippen LogP contribution >= 0.6 is 0 Å². The SMILES string of the molecule is [C-]#[N+]/C(=C\c1ccc(OC(=O)c2ccccc2)cc1OC)C(=O)O[C@@H]1CO[C@H]2[C@@H]1OC[C@@H]2OC(=O)/C(C#N)=C/c1ccc(OC(=O)c2ccccc2)cc1CO. The van der Waals surface area contributed by atoms with Gasteiger partial charge in [-0.05, 0) is 71.8 Å². The first-order valence-corrected chi connectivity index (χ1v) is 17.0. The zero-order valence-corrected chi connectivity index (χ0v) is 29.7. The van der Waals surface area contributed by atoms with E-state index in [1.54, 1.807) is 66.7 Å². The fourth-order valence-corrected chi connectivity index (χ4v) is 5.88. The third kappa shape index (κ3) is 8.98. The minimum absolute atomic E-state index is 0.118. The van der Waals surface area contributed by atoms with Crippen molar-refractivity contribution in [2.75, 3.05) is 20.3 Å². The normalized spacial score (nSPS) is 18.8. The van der Waals surface area contributed by atoms with Gasteiger partial charge in [-0.25, -0.2) is 19.2 Å². The second-order valence-electron chi connectivity index (χ2n) is 12.2. The van der Waals surface area contributed by atoms with E-state index >= 15 is 0 Å². The van der Waals surface area contributed by atoms with Crippen molar-refractivity contribution in [2.45, 2.75) is 31.0 Å². The summed E-state index contributed by atoms with van der Waals surface area (Å²) in [5.41, 5.74) is 0.861. The molecule has 4 atom stereocenters. The van der Waals surface area contributed by atoms with E-state index in [-0.39, 0.29) is 47.3 Å². The standard InChI is InChI=1S/C42H32N2O12/c1-44-33(19-28-14-16-32(20-34(28)50-2)54-40(47)26-11-7-4-8-12-26)42(49)56-36-24-52-37-35(23-51-38(36)37)55-41(48)29(21-43)17-27-13-15-31(18-30(27)22-45)53-39(46)25-9-5-3-6-10-25/h3-20,35-38,45H,22-24H2,2H3/b29-17+,33-19-/t35-,36+,37+,38+/m0/s1. The molecule has 0 radical (unpaired) electrons. The maximum Gasteiger partial charge on any atom is 0.349 e. The van der Waals surface area contributed by atoms with E-state index in [0.717, 1.165) is 0 Å². The molecule has 4 aromatic rings. The lowest BCUT2D eigenvalue weighted by atomic mass is 10.0. The van der Waals surface area contributed by atoms with Gasteiger partial charge in [0.15, 0.2) is 12.2 Å². The molecule has 282 valence electrons. The van der Waals surface area contributed by atoms with Gasteiger partial charge in [-0.3, -0.25) is 4.79 Å². The molecule has 2 aliphatic rings. The molecule has 6 rings (SSSR count). The van der Waals surface area contributed by atoms with Gasteiger partial charge in [-0.1, -0.05) is 42.5 Å². The van der Waals surface area contributed by atoms with Crippen LogP contribution in [0.3, 0.4) is 0 Å². The monoisotopic (exact) mass is 756 g/mol. The van der Waals surface area contributed by atoms with Crippen LogP contribution in [0.15, 0.2) is 108 Å². The Morgan fingerprint density at radius 3 is 1.84 bits per heavy atom. The van der Waals surface area contributed by atoms with Gasteiger partial charge in [0.1, 0.15) is 41.1 Å². The lowest BCUT2D eigenvalue weighted by molar-refractivity contribution is -0.150. The first-order chi connectivity index (χ1) is 27.2. The number of nitrogens with zero attached hydrogens (tertiary/aromatic N) is 2. The quantitative estimate of drug-likeness (QED) is 0.0663. The lowest BCUT2D eigenvalue weighted by Gasteiger charge is -2.17. The Morgan fingerprint density at radius 2 is 1.32 bits per heavy atom. The fourth-order valence-electron chi connectivity index (χ4n) is 5.88. The van der Waals surface area contributed by atoms with Crippen molar-refractivity contribution in [3.63, 3.8) is 0 Å². The van der Waals surface area contributed by atoms with Crippen molar-refractivity contribution in [2.24, 2.45) is 0 Å². The summed E-state index contributed by atoms with van der Waals surface area (Å²) in [4.78, 5) is 54.5. The van der Waals surface area contributed by atoms with Crippen LogP contribution < -0.4 is 14.2 Å². The zero-order chi connectivity index (χ0) is 39.6. The zero-order valence-electron chi connectivity index (χ0n) is 29.7. The van der Waals surface area contributed by atoms with Gasteiger partial charge in [-0.2, -0.15) is 5.26 Å². The van der Waals surface area contributed by atoms with E-state index in [0.29, 0.717) is 22.3 Å². The third-order valence-corrected chi connectivity index (χ3v) is 8.67. The van der Waals surface area contributed by atoms with Crippen LogP contribution in [0.25, 0.3) is 17.0 Å². The molecule has 4 aromatic carbocycles. The molecule has 2 heterocycles. The second kappa shape index (κ2) is 17.8. The van der Waals surface area contributed by atoms with E-state index < -0.39 is 54.9 Å². The highest BCUT2D eigenvalue weighted by Crippen LogP contribution is 2.33. The number of aliphatic hydroxyl groups is 1. The van der Waals surface area contributed by atoms with Gasteiger partial charge in [-0.15, -0.1) is 0 Å². The molecule has 0 amide bonds. The van der Waals surface area contributed by atoms with Gasteiger partial charge in [0, 0.05) is 11.6 Å². The fraction of sp³-hybridized carbons (Fsp3) is 0.190. The number of esters is 4. The molecule has 0 spiro atoms. The van der Waals surface area contributed by atoms with Crippen LogP contribution in [0.5, 0.6) is 17.2 Å². The summed E-state index contributed by atoms with van der Waals surface area (Å²) in [5, 5.41) is 19.8. The van der Waals surface area contributed by atoms with Gasteiger partial charge >= 0.3 is 23.9 Å². The van der Waals surface area contributed by atoms with Crippen molar-refractivity contribution >= 4 is 36.0 Å².